The molecule has 15 nitrogen and oxygen atoms in total. The van der Waals surface area contributed by atoms with Crippen LogP contribution < -0.4 is 38.1 Å². The number of carbonyl (C=O) groups is 7. The van der Waals surface area contributed by atoms with E-state index in [2.05, 4.69) is 26.6 Å². The highest BCUT2D eigenvalue weighted by Crippen LogP contribution is 2.11. The minimum absolute atomic E-state index is 0.00284. The smallest absolute Gasteiger partial charge is 0.326 e. The first kappa shape index (κ1) is 38.5. The number of carboxylic acid groups (broad SMARTS) is 1. The van der Waals surface area contributed by atoms with Crippen LogP contribution in [0.3, 0.4) is 0 Å². The van der Waals surface area contributed by atoms with Gasteiger partial charge in [-0.3, -0.25) is 28.8 Å². The van der Waals surface area contributed by atoms with E-state index >= 15 is 0 Å². The number of aliphatic carboxylic acids is 1. The highest BCUT2D eigenvalue weighted by molar-refractivity contribution is 5.95. The predicted molar refractivity (Wildman–Crippen MR) is 165 cm³/mol. The number of benzene rings is 1. The molecule has 6 unspecified atom stereocenters. The fourth-order valence-corrected chi connectivity index (χ4v) is 4.23. The van der Waals surface area contributed by atoms with Gasteiger partial charge in [0.15, 0.2) is 0 Å². The van der Waals surface area contributed by atoms with E-state index in [1.165, 1.54) is 6.92 Å². The highest BCUT2D eigenvalue weighted by Gasteiger charge is 2.32. The molecule has 6 atom stereocenters. The van der Waals surface area contributed by atoms with Crippen LogP contribution in [0.4, 0.5) is 0 Å². The first-order valence-corrected chi connectivity index (χ1v) is 14.8. The van der Waals surface area contributed by atoms with Crippen molar-refractivity contribution in [2.24, 2.45) is 23.3 Å². The summed E-state index contributed by atoms with van der Waals surface area (Å²) in [6.07, 6.45) is 0.338. The van der Waals surface area contributed by atoms with Crippen molar-refractivity contribution in [3.63, 3.8) is 0 Å². The van der Waals surface area contributed by atoms with Crippen LogP contribution in [-0.4, -0.2) is 83.3 Å². The topological polar surface area (TPSA) is 252 Å². The Kier molecular flexibility index (Phi) is 16.2. The molecule has 250 valence electrons. The zero-order valence-electron chi connectivity index (χ0n) is 26.4. The zero-order chi connectivity index (χ0) is 34.3. The normalized spacial score (nSPS) is 14.9. The molecular formula is C30H47N7O8. The second-order valence-corrected chi connectivity index (χ2v) is 11.4. The summed E-state index contributed by atoms with van der Waals surface area (Å²) < 4.78 is 0. The quantitative estimate of drug-likeness (QED) is 0.0898. The van der Waals surface area contributed by atoms with Gasteiger partial charge < -0.3 is 43.2 Å². The summed E-state index contributed by atoms with van der Waals surface area (Å²) in [6, 6.07) is 3.02. The maximum Gasteiger partial charge on any atom is 0.326 e. The summed E-state index contributed by atoms with van der Waals surface area (Å²) in [5.41, 5.74) is 11.5. The lowest BCUT2D eigenvalue weighted by molar-refractivity contribution is -0.143. The van der Waals surface area contributed by atoms with Gasteiger partial charge in [0.05, 0.1) is 19.0 Å². The summed E-state index contributed by atoms with van der Waals surface area (Å²) in [7, 11) is 0. The molecule has 10 N–H and O–H groups in total. The largest absolute Gasteiger partial charge is 0.480 e. The summed E-state index contributed by atoms with van der Waals surface area (Å²) in [4.78, 5) is 86.8. The van der Waals surface area contributed by atoms with Gasteiger partial charge in [0.1, 0.15) is 24.2 Å². The maximum absolute atomic E-state index is 13.0. The molecule has 0 bridgehead atoms. The summed E-state index contributed by atoms with van der Waals surface area (Å²) >= 11 is 0. The molecule has 0 fully saturated rings. The average Bonchev–Trinajstić information content (AvgIpc) is 2.97. The molecule has 6 amide bonds. The number of nitrogens with one attached hydrogen (secondary N) is 5. The van der Waals surface area contributed by atoms with Gasteiger partial charge in [-0.15, -0.1) is 0 Å². The molecule has 0 aliphatic carbocycles. The molecule has 0 saturated heterocycles. The van der Waals surface area contributed by atoms with Crippen LogP contribution in [0, 0.1) is 11.8 Å². The fraction of sp³-hybridized carbons (Fsp3) is 0.567. The van der Waals surface area contributed by atoms with Gasteiger partial charge >= 0.3 is 5.97 Å². The SMILES string of the molecule is CCC(C)C(NC(=O)C(C)NC(=O)CNC(=O)C(Cc1ccccc1)NC(=O)C(N)CC(N)=O)C(=O)NC(CC(C)C)C(=O)O. The van der Waals surface area contributed by atoms with Crippen molar-refractivity contribution in [1.82, 2.24) is 26.6 Å². The molecule has 0 radical (unpaired) electrons. The second-order valence-electron chi connectivity index (χ2n) is 11.4. The molecule has 0 aliphatic rings. The van der Waals surface area contributed by atoms with Gasteiger partial charge in [-0.2, -0.15) is 0 Å². The van der Waals surface area contributed by atoms with E-state index in [1.807, 2.05) is 20.8 Å². The number of rotatable bonds is 19. The lowest BCUT2D eigenvalue weighted by Gasteiger charge is -2.27. The van der Waals surface area contributed by atoms with Gasteiger partial charge in [-0.25, -0.2) is 4.79 Å². The maximum atomic E-state index is 13.0. The van der Waals surface area contributed by atoms with Crippen LogP contribution in [0.15, 0.2) is 30.3 Å². The molecule has 0 saturated carbocycles. The van der Waals surface area contributed by atoms with Crippen LogP contribution in [0.5, 0.6) is 0 Å². The molecule has 1 aromatic rings. The molecule has 15 heteroatoms. The van der Waals surface area contributed by atoms with Gasteiger partial charge in [-0.1, -0.05) is 64.4 Å². The van der Waals surface area contributed by atoms with Crippen LogP contribution in [0.1, 0.15) is 59.4 Å². The van der Waals surface area contributed by atoms with Crippen molar-refractivity contribution in [2.75, 3.05) is 6.54 Å². The Bertz CT molecular complexity index is 1190. The van der Waals surface area contributed by atoms with E-state index in [0.717, 1.165) is 0 Å². The summed E-state index contributed by atoms with van der Waals surface area (Å²) in [5, 5.41) is 21.9. The number of nitrogens with two attached hydrogens (primary N) is 2. The molecule has 0 spiro atoms. The Hall–Kier alpha value is -4.53. The molecule has 0 heterocycles. The monoisotopic (exact) mass is 633 g/mol. The molecule has 45 heavy (non-hydrogen) atoms. The van der Waals surface area contributed by atoms with Crippen molar-refractivity contribution in [2.45, 2.75) is 90.5 Å². The van der Waals surface area contributed by atoms with E-state index in [4.69, 9.17) is 11.5 Å². The average molecular weight is 634 g/mol. The predicted octanol–water partition coefficient (Wildman–Crippen LogP) is -1.32. The third-order valence-corrected chi connectivity index (χ3v) is 6.98. The van der Waals surface area contributed by atoms with E-state index in [0.29, 0.717) is 12.0 Å². The highest BCUT2D eigenvalue weighted by atomic mass is 16.4. The second kappa shape index (κ2) is 19.0. The van der Waals surface area contributed by atoms with Crippen LogP contribution >= 0.6 is 0 Å². The molecule has 0 aromatic heterocycles. The van der Waals surface area contributed by atoms with Crippen molar-refractivity contribution in [3.8, 4) is 0 Å². The molecule has 0 aliphatic heterocycles. The van der Waals surface area contributed by atoms with Crippen LogP contribution in [0.25, 0.3) is 0 Å². The summed E-state index contributed by atoms with van der Waals surface area (Å²) in [5.74, 6) is -5.89. The Morgan fingerprint density at radius 1 is 0.800 bits per heavy atom. The summed E-state index contributed by atoms with van der Waals surface area (Å²) in [6.45, 7) is 8.03. The zero-order valence-corrected chi connectivity index (χ0v) is 26.4. The van der Waals surface area contributed by atoms with Crippen LogP contribution in [0.2, 0.25) is 0 Å². The lowest BCUT2D eigenvalue weighted by Crippen LogP contribution is -2.58. The lowest BCUT2D eigenvalue weighted by atomic mass is 9.96. The minimum Gasteiger partial charge on any atom is -0.480 e. The fourth-order valence-electron chi connectivity index (χ4n) is 4.23. The minimum atomic E-state index is -1.28. The Morgan fingerprint density at radius 3 is 1.93 bits per heavy atom. The number of amides is 6. The van der Waals surface area contributed by atoms with Gasteiger partial charge in [-0.05, 0) is 30.7 Å². The first-order valence-electron chi connectivity index (χ1n) is 14.8. The van der Waals surface area contributed by atoms with Crippen LogP contribution in [-0.2, 0) is 40.0 Å². The number of primary amides is 1. The van der Waals surface area contributed by atoms with Crippen molar-refractivity contribution < 1.29 is 38.7 Å². The number of carbonyl (C=O) groups excluding carboxylic acids is 6. The van der Waals surface area contributed by atoms with E-state index in [-0.39, 0.29) is 24.7 Å². The molecule has 1 aromatic carbocycles. The van der Waals surface area contributed by atoms with Crippen molar-refractivity contribution in [1.29, 1.82) is 0 Å². The van der Waals surface area contributed by atoms with Crippen molar-refractivity contribution in [3.05, 3.63) is 35.9 Å². The Labute approximate surface area is 263 Å². The van der Waals surface area contributed by atoms with Crippen molar-refractivity contribution >= 4 is 41.4 Å². The van der Waals surface area contributed by atoms with Gasteiger partial charge in [0.25, 0.3) is 0 Å². The van der Waals surface area contributed by atoms with Gasteiger partial charge in [0.2, 0.25) is 35.4 Å². The Morgan fingerprint density at radius 2 is 1.40 bits per heavy atom. The Balaban J connectivity index is 2.85. The number of hydrogen-bond donors (Lipinski definition) is 8. The number of hydrogen-bond acceptors (Lipinski definition) is 8. The first-order chi connectivity index (χ1) is 21.0. The third kappa shape index (κ3) is 14.2. The van der Waals surface area contributed by atoms with E-state index in [1.54, 1.807) is 37.3 Å². The van der Waals surface area contributed by atoms with E-state index < -0.39 is 84.6 Å². The number of carboxylic acids is 1. The van der Waals surface area contributed by atoms with Gasteiger partial charge in [0, 0.05) is 6.42 Å². The molecule has 1 rings (SSSR count). The standard InChI is InChI=1S/C30H47N7O8/c1-6-17(4)25(29(43)36-22(30(44)45)12-16(2)3)37-26(40)18(5)34-24(39)15-33-28(42)21(13-19-10-8-7-9-11-19)35-27(41)20(31)14-23(32)38/h7-11,16-18,20-22,25H,6,12-15,31H2,1-5H3,(H2,32,38)(H,33,42)(H,34,39)(H,35,41)(H,36,43)(H,37,40)(H,44,45). The third-order valence-electron chi connectivity index (χ3n) is 6.98. The molecular weight excluding hydrogens is 586 g/mol. The van der Waals surface area contributed by atoms with E-state index in [9.17, 15) is 38.7 Å².